The van der Waals surface area contributed by atoms with Crippen LogP contribution in [0.2, 0.25) is 5.02 Å². The predicted octanol–water partition coefficient (Wildman–Crippen LogP) is 2.21. The molecule has 4 amide bonds. The van der Waals surface area contributed by atoms with Crippen molar-refractivity contribution in [3.8, 4) is 5.75 Å². The minimum Gasteiger partial charge on any atom is -0.506 e. The molecule has 1 unspecified atom stereocenters. The maximum Gasteiger partial charge on any atom is 0.349 e. The molecule has 0 aliphatic carbocycles. The first-order valence-electron chi connectivity index (χ1n) is 9.99. The quantitative estimate of drug-likeness (QED) is 0.571. The second-order valence-electron chi connectivity index (χ2n) is 7.81. The van der Waals surface area contributed by atoms with E-state index in [2.05, 4.69) is 10.6 Å². The van der Waals surface area contributed by atoms with Crippen LogP contribution >= 0.6 is 11.6 Å². The number of piperidine rings is 1. The van der Waals surface area contributed by atoms with Crippen LogP contribution < -0.4 is 10.6 Å². The van der Waals surface area contributed by atoms with Crippen molar-refractivity contribution >= 4 is 35.2 Å². The molecule has 0 bridgehead atoms. The summed E-state index contributed by atoms with van der Waals surface area (Å²) < 4.78 is 29.0. The fourth-order valence-electron chi connectivity index (χ4n) is 3.87. The van der Waals surface area contributed by atoms with Gasteiger partial charge in [0, 0.05) is 30.6 Å². The number of carbonyl (C=O) groups excluding carboxylic acids is 4. The van der Waals surface area contributed by atoms with Crippen molar-refractivity contribution in [1.82, 2.24) is 15.5 Å². The number of carbonyl (C=O) groups is 4. The number of nitrogens with zero attached hydrogens (tertiary/aromatic N) is 1. The van der Waals surface area contributed by atoms with Crippen LogP contribution in [0.5, 0.6) is 5.75 Å². The van der Waals surface area contributed by atoms with Crippen LogP contribution in [0.15, 0.2) is 36.4 Å². The molecule has 2 aromatic rings. The van der Waals surface area contributed by atoms with Crippen molar-refractivity contribution in [2.24, 2.45) is 0 Å². The Morgan fingerprint density at radius 3 is 2.67 bits per heavy atom. The van der Waals surface area contributed by atoms with Crippen LogP contribution in [0.4, 0.5) is 8.78 Å². The summed E-state index contributed by atoms with van der Waals surface area (Å²) in [5.41, 5.74) is 0.735. The Morgan fingerprint density at radius 1 is 1.21 bits per heavy atom. The molecule has 2 aromatic carbocycles. The summed E-state index contributed by atoms with van der Waals surface area (Å²) in [5.74, 6) is -7.31. The minimum atomic E-state index is -3.91. The average molecular weight is 478 g/mol. The summed E-state index contributed by atoms with van der Waals surface area (Å²) in [5, 5.41) is 13.8. The van der Waals surface area contributed by atoms with Crippen LogP contribution in [0, 0.1) is 0 Å². The Labute approximate surface area is 191 Å². The molecule has 8 nitrogen and oxygen atoms in total. The zero-order chi connectivity index (χ0) is 23.9. The van der Waals surface area contributed by atoms with Gasteiger partial charge in [-0.15, -0.1) is 0 Å². The smallest absolute Gasteiger partial charge is 0.349 e. The van der Waals surface area contributed by atoms with E-state index in [-0.39, 0.29) is 42.8 Å². The first kappa shape index (κ1) is 22.7. The van der Waals surface area contributed by atoms with Crippen molar-refractivity contribution in [2.75, 3.05) is 0 Å². The Hall–Kier alpha value is -3.53. The molecule has 1 saturated heterocycles. The van der Waals surface area contributed by atoms with Gasteiger partial charge in [0.1, 0.15) is 11.8 Å². The molecule has 4 rings (SSSR count). The van der Waals surface area contributed by atoms with Crippen molar-refractivity contribution in [3.63, 3.8) is 0 Å². The highest BCUT2D eigenvalue weighted by Crippen LogP contribution is 2.34. The zero-order valence-electron chi connectivity index (χ0n) is 17.0. The third-order valence-electron chi connectivity index (χ3n) is 5.63. The SMILES string of the molecule is O=C1CCC(N2Cc3cc(CNC(=O)C(F)(F)c4ccc(Cl)c(O)c4)ccc3C2=O)C(=O)N1. The zero-order valence-corrected chi connectivity index (χ0v) is 17.8. The lowest BCUT2D eigenvalue weighted by atomic mass is 10.0. The summed E-state index contributed by atoms with van der Waals surface area (Å²) in [6, 6.07) is 6.63. The van der Waals surface area contributed by atoms with E-state index in [1.54, 1.807) is 6.07 Å². The van der Waals surface area contributed by atoms with E-state index < -0.39 is 35.1 Å². The molecule has 172 valence electrons. The highest BCUT2D eigenvalue weighted by Gasteiger charge is 2.42. The number of hydrogen-bond acceptors (Lipinski definition) is 5. The van der Waals surface area contributed by atoms with Gasteiger partial charge in [-0.3, -0.25) is 24.5 Å². The molecule has 33 heavy (non-hydrogen) atoms. The lowest BCUT2D eigenvalue weighted by Gasteiger charge is -2.29. The van der Waals surface area contributed by atoms with Crippen LogP contribution in [0.25, 0.3) is 0 Å². The maximum atomic E-state index is 14.5. The molecule has 0 aromatic heterocycles. The highest BCUT2D eigenvalue weighted by molar-refractivity contribution is 6.32. The number of halogens is 3. The largest absolute Gasteiger partial charge is 0.506 e. The van der Waals surface area contributed by atoms with Crippen LogP contribution in [-0.2, 0) is 33.4 Å². The molecule has 11 heteroatoms. The maximum absolute atomic E-state index is 14.5. The number of phenols is 1. The molecule has 2 heterocycles. The van der Waals surface area contributed by atoms with Gasteiger partial charge in [-0.1, -0.05) is 29.8 Å². The molecule has 0 radical (unpaired) electrons. The second-order valence-corrected chi connectivity index (χ2v) is 8.22. The van der Waals surface area contributed by atoms with Crippen LogP contribution in [0.1, 0.15) is 39.9 Å². The molecule has 1 fully saturated rings. The molecular formula is C22H18ClF2N3O5. The van der Waals surface area contributed by atoms with Gasteiger partial charge in [-0.05, 0) is 35.7 Å². The van der Waals surface area contributed by atoms with E-state index in [0.29, 0.717) is 16.7 Å². The van der Waals surface area contributed by atoms with E-state index in [1.807, 2.05) is 0 Å². The monoisotopic (exact) mass is 477 g/mol. The molecule has 2 aliphatic heterocycles. The Bertz CT molecular complexity index is 1190. The lowest BCUT2D eigenvalue weighted by Crippen LogP contribution is -2.52. The van der Waals surface area contributed by atoms with Gasteiger partial charge in [-0.25, -0.2) is 0 Å². The van der Waals surface area contributed by atoms with Gasteiger partial charge in [0.2, 0.25) is 11.8 Å². The number of benzene rings is 2. The lowest BCUT2D eigenvalue weighted by molar-refractivity contribution is -0.147. The minimum absolute atomic E-state index is 0.117. The third-order valence-corrected chi connectivity index (χ3v) is 5.95. The van der Waals surface area contributed by atoms with Crippen LogP contribution in [0.3, 0.4) is 0 Å². The number of nitrogens with one attached hydrogen (secondary N) is 2. The first-order chi connectivity index (χ1) is 15.6. The fourth-order valence-corrected chi connectivity index (χ4v) is 3.99. The first-order valence-corrected chi connectivity index (χ1v) is 10.4. The summed E-state index contributed by atoms with van der Waals surface area (Å²) >= 11 is 5.62. The Morgan fingerprint density at radius 2 is 1.97 bits per heavy atom. The van der Waals surface area contributed by atoms with Gasteiger partial charge < -0.3 is 15.3 Å². The van der Waals surface area contributed by atoms with Gasteiger partial charge in [0.25, 0.3) is 11.8 Å². The third kappa shape index (κ3) is 4.25. The van der Waals surface area contributed by atoms with E-state index >= 15 is 0 Å². The fraction of sp³-hybridized carbons (Fsp3) is 0.273. The molecule has 0 spiro atoms. The number of hydrogen-bond donors (Lipinski definition) is 3. The number of fused-ring (bicyclic) bond motifs is 1. The highest BCUT2D eigenvalue weighted by atomic mass is 35.5. The Kier molecular flexibility index (Phi) is 5.79. The molecular weight excluding hydrogens is 460 g/mol. The van der Waals surface area contributed by atoms with Gasteiger partial charge in [0.15, 0.2) is 0 Å². The summed E-state index contributed by atoms with van der Waals surface area (Å²) in [7, 11) is 0. The number of aromatic hydroxyl groups is 1. The molecule has 0 saturated carbocycles. The van der Waals surface area contributed by atoms with Crippen molar-refractivity contribution in [2.45, 2.75) is 37.9 Å². The molecule has 2 aliphatic rings. The second kappa shape index (κ2) is 8.43. The molecule has 1 atom stereocenters. The summed E-state index contributed by atoms with van der Waals surface area (Å²) in [6.45, 7) is -0.101. The number of rotatable bonds is 5. The number of amides is 4. The number of imide groups is 1. The van der Waals surface area contributed by atoms with Gasteiger partial charge >= 0.3 is 5.92 Å². The Balaban J connectivity index is 1.44. The summed E-state index contributed by atoms with van der Waals surface area (Å²) in [6.07, 6.45) is 0.357. The van der Waals surface area contributed by atoms with Crippen molar-refractivity contribution in [3.05, 3.63) is 63.7 Å². The van der Waals surface area contributed by atoms with E-state index in [0.717, 1.165) is 18.2 Å². The summed E-state index contributed by atoms with van der Waals surface area (Å²) in [4.78, 5) is 49.7. The topological polar surface area (TPSA) is 116 Å². The molecule has 3 N–H and O–H groups in total. The van der Waals surface area contributed by atoms with E-state index in [9.17, 15) is 33.1 Å². The predicted molar refractivity (Wildman–Crippen MR) is 111 cm³/mol. The van der Waals surface area contributed by atoms with E-state index in [4.69, 9.17) is 11.6 Å². The number of phenolic OH excluding ortho intramolecular Hbond substituents is 1. The van der Waals surface area contributed by atoms with Gasteiger partial charge in [0.05, 0.1) is 5.02 Å². The van der Waals surface area contributed by atoms with Gasteiger partial charge in [-0.2, -0.15) is 8.78 Å². The van der Waals surface area contributed by atoms with Crippen LogP contribution in [-0.4, -0.2) is 39.7 Å². The van der Waals surface area contributed by atoms with Crippen molar-refractivity contribution in [1.29, 1.82) is 0 Å². The van der Waals surface area contributed by atoms with Crippen molar-refractivity contribution < 1.29 is 33.1 Å². The standard InChI is InChI=1S/C22H18ClF2N3O5/c23-15-4-2-13(8-17(15)29)22(24,25)21(33)26-9-11-1-3-14-12(7-11)10-28(20(14)32)16-5-6-18(30)27-19(16)31/h1-4,7-8,16,29H,5-6,9-10H2,(H,26,33)(H,27,30,31). The normalized spacial score (nSPS) is 18.2. The van der Waals surface area contributed by atoms with E-state index in [1.165, 1.54) is 17.0 Å². The number of alkyl halides is 2. The average Bonchev–Trinajstić information content (AvgIpc) is 3.09.